The number of piperazine rings is 1. The molecule has 2 aliphatic heterocycles. The number of amides is 1. The first-order chi connectivity index (χ1) is 14.1. The molecule has 29 heavy (non-hydrogen) atoms. The highest BCUT2D eigenvalue weighted by molar-refractivity contribution is 5.96. The molecule has 1 aromatic heterocycles. The second-order valence-electron chi connectivity index (χ2n) is 7.84. The number of aromatic nitrogens is 1. The quantitative estimate of drug-likeness (QED) is 0.774. The van der Waals surface area contributed by atoms with Gasteiger partial charge >= 0.3 is 0 Å². The molecule has 7 heteroatoms. The van der Waals surface area contributed by atoms with Crippen LogP contribution in [0.25, 0.3) is 0 Å². The molecule has 0 saturated carbocycles. The Morgan fingerprint density at radius 2 is 1.76 bits per heavy atom. The van der Waals surface area contributed by atoms with Gasteiger partial charge in [0, 0.05) is 71.9 Å². The first-order valence-electron chi connectivity index (χ1n) is 10.3. The summed E-state index contributed by atoms with van der Waals surface area (Å²) in [7, 11) is 3.68. The Bertz CT molecular complexity index is 843. The van der Waals surface area contributed by atoms with Crippen LogP contribution in [0.2, 0.25) is 0 Å². The predicted molar refractivity (Wildman–Crippen MR) is 111 cm³/mol. The van der Waals surface area contributed by atoms with E-state index in [1.54, 1.807) is 7.11 Å². The zero-order chi connectivity index (χ0) is 20.4. The minimum absolute atomic E-state index is 0.0433. The molecular weight excluding hydrogens is 371 g/mol. The number of rotatable bonds is 5. The van der Waals surface area contributed by atoms with Crippen LogP contribution in [0.1, 0.15) is 28.6 Å². The number of nitrogens with zero attached hydrogens (tertiary/aromatic N) is 4. The van der Waals surface area contributed by atoms with E-state index in [2.05, 4.69) is 9.80 Å². The lowest BCUT2D eigenvalue weighted by Crippen LogP contribution is -2.49. The molecule has 6 nitrogen and oxygen atoms in total. The van der Waals surface area contributed by atoms with Gasteiger partial charge in [0.1, 0.15) is 5.82 Å². The highest BCUT2D eigenvalue weighted by Crippen LogP contribution is 2.29. The van der Waals surface area contributed by atoms with Crippen LogP contribution in [-0.4, -0.2) is 73.2 Å². The van der Waals surface area contributed by atoms with Gasteiger partial charge in [-0.2, -0.15) is 0 Å². The lowest BCUT2D eigenvalue weighted by molar-refractivity contribution is 0.0674. The van der Waals surface area contributed by atoms with Crippen LogP contribution in [0.4, 0.5) is 10.1 Å². The van der Waals surface area contributed by atoms with E-state index < -0.39 is 0 Å². The average Bonchev–Trinajstić information content (AvgIpc) is 3.06. The molecule has 3 heterocycles. The van der Waals surface area contributed by atoms with Crippen LogP contribution in [0.15, 0.2) is 36.5 Å². The van der Waals surface area contributed by atoms with Crippen molar-refractivity contribution < 1.29 is 13.9 Å². The van der Waals surface area contributed by atoms with Crippen molar-refractivity contribution in [3.05, 3.63) is 53.6 Å². The van der Waals surface area contributed by atoms with Gasteiger partial charge in [-0.15, -0.1) is 0 Å². The molecule has 0 aliphatic carbocycles. The molecule has 0 N–H and O–H groups in total. The summed E-state index contributed by atoms with van der Waals surface area (Å²) in [6, 6.07) is 8.61. The summed E-state index contributed by atoms with van der Waals surface area (Å²) in [6.45, 7) is 6.00. The number of methoxy groups -OCH3 is 1. The maximum atomic E-state index is 13.1. The van der Waals surface area contributed by atoms with Gasteiger partial charge in [-0.3, -0.25) is 9.69 Å². The van der Waals surface area contributed by atoms with Gasteiger partial charge in [-0.1, -0.05) is 0 Å². The normalized spacial score (nSPS) is 20.7. The van der Waals surface area contributed by atoms with Crippen molar-refractivity contribution in [3.63, 3.8) is 0 Å². The molecule has 2 aromatic rings. The first kappa shape index (κ1) is 19.9. The maximum Gasteiger partial charge on any atom is 0.255 e. The molecule has 1 fully saturated rings. The predicted octanol–water partition coefficient (Wildman–Crippen LogP) is 2.52. The zero-order valence-corrected chi connectivity index (χ0v) is 17.2. The van der Waals surface area contributed by atoms with Gasteiger partial charge in [-0.25, -0.2) is 4.39 Å². The Balaban J connectivity index is 1.33. The molecule has 1 amide bonds. The van der Waals surface area contributed by atoms with Crippen LogP contribution < -0.4 is 4.90 Å². The monoisotopic (exact) mass is 400 g/mol. The third-order valence-corrected chi connectivity index (χ3v) is 6.14. The van der Waals surface area contributed by atoms with E-state index in [1.807, 2.05) is 40.9 Å². The second kappa shape index (κ2) is 8.55. The topological polar surface area (TPSA) is 41.0 Å². The number of hydrogen-bond acceptors (Lipinski definition) is 4. The minimum atomic E-state index is -0.202. The Hall–Kier alpha value is -2.38. The maximum absolute atomic E-state index is 13.1. The molecule has 1 aromatic carbocycles. The molecular formula is C22H29FN4O2. The van der Waals surface area contributed by atoms with Gasteiger partial charge in [0.15, 0.2) is 0 Å². The van der Waals surface area contributed by atoms with Gasteiger partial charge in [0.2, 0.25) is 0 Å². The molecule has 1 saturated heterocycles. The third kappa shape index (κ3) is 4.16. The van der Waals surface area contributed by atoms with E-state index in [9.17, 15) is 9.18 Å². The molecule has 1 atom stereocenters. The number of ether oxygens (including phenoxy) is 1. The van der Waals surface area contributed by atoms with Gasteiger partial charge in [-0.05, 0) is 36.8 Å². The average molecular weight is 400 g/mol. The Morgan fingerprint density at radius 1 is 1.03 bits per heavy atom. The summed E-state index contributed by atoms with van der Waals surface area (Å²) >= 11 is 0. The Morgan fingerprint density at radius 3 is 2.45 bits per heavy atom. The van der Waals surface area contributed by atoms with Crippen LogP contribution in [0.3, 0.4) is 0 Å². The SMILES string of the molecule is COC1CCN(CCN2CCN(c3ccc(F)cc3)CC2)C(=O)c2ccn(C)c21. The number of hydrogen-bond donors (Lipinski definition) is 0. The number of carbonyl (C=O) groups excluding carboxylic acids is 1. The van der Waals surface area contributed by atoms with Gasteiger partial charge in [0.05, 0.1) is 17.4 Å². The lowest BCUT2D eigenvalue weighted by Gasteiger charge is -2.37. The number of aryl methyl sites for hydroxylation is 1. The van der Waals surface area contributed by atoms with E-state index >= 15 is 0 Å². The largest absolute Gasteiger partial charge is 0.375 e. The van der Waals surface area contributed by atoms with Gasteiger partial charge in [0.25, 0.3) is 5.91 Å². The highest BCUT2D eigenvalue weighted by atomic mass is 19.1. The van der Waals surface area contributed by atoms with Crippen LogP contribution in [0.5, 0.6) is 0 Å². The van der Waals surface area contributed by atoms with Crippen LogP contribution in [-0.2, 0) is 11.8 Å². The molecule has 156 valence electrons. The van der Waals surface area contributed by atoms with Crippen molar-refractivity contribution in [2.24, 2.45) is 7.05 Å². The smallest absolute Gasteiger partial charge is 0.255 e. The number of fused-ring (bicyclic) bond motifs is 1. The third-order valence-electron chi connectivity index (χ3n) is 6.14. The molecule has 0 radical (unpaired) electrons. The summed E-state index contributed by atoms with van der Waals surface area (Å²) in [6.07, 6.45) is 2.70. The van der Waals surface area contributed by atoms with Crippen molar-refractivity contribution in [1.29, 1.82) is 0 Å². The van der Waals surface area contributed by atoms with E-state index in [0.29, 0.717) is 6.54 Å². The fourth-order valence-corrected chi connectivity index (χ4v) is 4.39. The Kier molecular flexibility index (Phi) is 5.87. The number of halogens is 1. The first-order valence-corrected chi connectivity index (χ1v) is 10.3. The summed E-state index contributed by atoms with van der Waals surface area (Å²) < 4.78 is 20.8. The fraction of sp³-hybridized carbons (Fsp3) is 0.500. The summed E-state index contributed by atoms with van der Waals surface area (Å²) in [5.41, 5.74) is 2.81. The van der Waals surface area contributed by atoms with Crippen LogP contribution >= 0.6 is 0 Å². The lowest BCUT2D eigenvalue weighted by atomic mass is 10.1. The summed E-state index contributed by atoms with van der Waals surface area (Å²) in [5.74, 6) is -0.100. The molecule has 2 aliphatic rings. The molecule has 1 unspecified atom stereocenters. The van der Waals surface area contributed by atoms with Gasteiger partial charge < -0.3 is 19.1 Å². The summed E-state index contributed by atoms with van der Waals surface area (Å²) in [4.78, 5) is 19.7. The minimum Gasteiger partial charge on any atom is -0.375 e. The summed E-state index contributed by atoms with van der Waals surface area (Å²) in [5, 5.41) is 0. The van der Waals surface area contributed by atoms with Crippen molar-refractivity contribution in [1.82, 2.24) is 14.4 Å². The highest BCUT2D eigenvalue weighted by Gasteiger charge is 2.30. The van der Waals surface area contributed by atoms with E-state index in [1.165, 1.54) is 12.1 Å². The van der Waals surface area contributed by atoms with Crippen molar-refractivity contribution >= 4 is 11.6 Å². The standard InChI is InChI=1S/C22H29FN4O2/c1-24-9-7-19-21(24)20(29-2)8-10-27(22(19)28)16-13-25-11-14-26(15-12-25)18-5-3-17(23)4-6-18/h3-7,9,20H,8,10-16H2,1-2H3. The van der Waals surface area contributed by atoms with Crippen molar-refractivity contribution in [2.45, 2.75) is 12.5 Å². The van der Waals surface area contributed by atoms with E-state index in [0.717, 1.165) is 62.6 Å². The fourth-order valence-electron chi connectivity index (χ4n) is 4.39. The molecule has 4 rings (SSSR count). The number of carbonyl (C=O) groups is 1. The van der Waals surface area contributed by atoms with Crippen LogP contribution in [0, 0.1) is 5.82 Å². The molecule has 0 spiro atoms. The van der Waals surface area contributed by atoms with Crippen molar-refractivity contribution in [3.8, 4) is 0 Å². The van der Waals surface area contributed by atoms with Crippen molar-refractivity contribution in [2.75, 3.05) is 57.8 Å². The zero-order valence-electron chi connectivity index (χ0n) is 17.2. The van der Waals surface area contributed by atoms with E-state index in [4.69, 9.17) is 4.74 Å². The second-order valence-corrected chi connectivity index (χ2v) is 7.84. The number of benzene rings is 1. The number of anilines is 1. The Labute approximate surface area is 171 Å². The molecule has 0 bridgehead atoms. The van der Waals surface area contributed by atoms with E-state index in [-0.39, 0.29) is 17.8 Å².